The van der Waals surface area contributed by atoms with Gasteiger partial charge in [0.15, 0.2) is 0 Å². The average molecular weight is 146 g/mol. The Morgan fingerprint density at radius 1 is 1.70 bits per heavy atom. The molecule has 0 aromatic rings. The Bertz CT molecular complexity index is 207. The molecule has 0 saturated carbocycles. The summed E-state index contributed by atoms with van der Waals surface area (Å²) >= 11 is 0. The minimum absolute atomic E-state index is 0.0356. The van der Waals surface area contributed by atoms with Crippen molar-refractivity contribution in [2.45, 2.75) is 38.6 Å². The zero-order valence-electron chi connectivity index (χ0n) is 8.39. The molecule has 0 amide bonds. The molecule has 2 aliphatic heterocycles. The maximum atomic E-state index is 8.07. The Labute approximate surface area is 64.3 Å². The molecule has 2 heteroatoms. The van der Waals surface area contributed by atoms with Crippen molar-refractivity contribution in [2.75, 3.05) is 6.61 Å². The van der Waals surface area contributed by atoms with Gasteiger partial charge in [0.05, 0.1) is 24.4 Å². The maximum Gasteiger partial charge on any atom is 0.0942 e. The van der Waals surface area contributed by atoms with Crippen LogP contribution in [0.3, 0.4) is 0 Å². The first-order chi connectivity index (χ1) is 5.53. The minimum atomic E-state index is -0.742. The molecule has 2 saturated heterocycles. The molecule has 2 aliphatic rings. The van der Waals surface area contributed by atoms with Crippen LogP contribution >= 0.6 is 0 Å². The lowest BCUT2D eigenvalue weighted by atomic mass is 9.92. The third-order valence-corrected chi connectivity index (χ3v) is 2.48. The normalized spacial score (nSPS) is 69.8. The molecule has 4 atom stereocenters. The van der Waals surface area contributed by atoms with Gasteiger partial charge in [0.1, 0.15) is 0 Å². The maximum absolute atomic E-state index is 8.07. The van der Waals surface area contributed by atoms with E-state index >= 15 is 0 Å². The third kappa shape index (κ3) is 0.611. The van der Waals surface area contributed by atoms with Crippen molar-refractivity contribution in [3.05, 3.63) is 0 Å². The Morgan fingerprint density at radius 2 is 2.50 bits per heavy atom. The van der Waals surface area contributed by atoms with Crippen molar-refractivity contribution in [3.63, 3.8) is 0 Å². The number of fused-ring (bicyclic) bond motifs is 2. The number of hydrogen-bond donors (Lipinski definition) is 0. The lowest BCUT2D eigenvalue weighted by Gasteiger charge is -2.25. The van der Waals surface area contributed by atoms with Gasteiger partial charge in [-0.3, -0.25) is 0 Å². The zero-order valence-corrected chi connectivity index (χ0v) is 6.39. The monoisotopic (exact) mass is 146 g/mol. The summed E-state index contributed by atoms with van der Waals surface area (Å²) in [5, 5.41) is 0. The molecule has 2 fully saturated rings. The summed E-state index contributed by atoms with van der Waals surface area (Å²) in [5.74, 6) is -0.742. The van der Waals surface area contributed by atoms with E-state index in [1.807, 2.05) is 13.8 Å². The highest BCUT2D eigenvalue weighted by molar-refractivity contribution is 5.01. The van der Waals surface area contributed by atoms with Crippen LogP contribution in [0.1, 0.15) is 23.5 Å². The van der Waals surface area contributed by atoms with Crippen molar-refractivity contribution in [1.29, 1.82) is 0 Å². The van der Waals surface area contributed by atoms with Gasteiger partial charge in [0.2, 0.25) is 0 Å². The average Bonchev–Trinajstić information content (AvgIpc) is 2.35. The van der Waals surface area contributed by atoms with Crippen LogP contribution in [0.2, 0.25) is 0 Å². The van der Waals surface area contributed by atoms with E-state index in [4.69, 9.17) is 12.2 Å². The molecule has 10 heavy (non-hydrogen) atoms. The van der Waals surface area contributed by atoms with Crippen molar-refractivity contribution >= 4 is 0 Å². The van der Waals surface area contributed by atoms with Crippen LogP contribution in [0.4, 0.5) is 0 Å². The Kier molecular flexibility index (Phi) is 0.824. The van der Waals surface area contributed by atoms with E-state index in [0.29, 0.717) is 6.61 Å². The highest BCUT2D eigenvalue weighted by Crippen LogP contribution is 2.43. The second-order valence-corrected chi connectivity index (χ2v) is 3.23. The van der Waals surface area contributed by atoms with Crippen LogP contribution in [0.5, 0.6) is 0 Å². The number of rotatable bonds is 0. The van der Waals surface area contributed by atoms with E-state index in [1.54, 1.807) is 0 Å². The van der Waals surface area contributed by atoms with E-state index in [2.05, 4.69) is 0 Å². The fourth-order valence-corrected chi connectivity index (χ4v) is 1.75. The SMILES string of the molecule is [3H]C[C@]12CO[C@H]([C@H](C)O1)[C@]2([3H])C. The fourth-order valence-electron chi connectivity index (χ4n) is 1.75. The van der Waals surface area contributed by atoms with Crippen LogP contribution in [0, 0.1) is 5.89 Å². The van der Waals surface area contributed by atoms with Gasteiger partial charge in [-0.2, -0.15) is 0 Å². The summed E-state index contributed by atoms with van der Waals surface area (Å²) in [6, 6.07) is 0. The summed E-state index contributed by atoms with van der Waals surface area (Å²) in [4.78, 5) is 0. The summed E-state index contributed by atoms with van der Waals surface area (Å²) in [6.45, 7) is 4.25. The lowest BCUT2D eigenvalue weighted by molar-refractivity contribution is -0.128. The van der Waals surface area contributed by atoms with Gasteiger partial charge in [-0.1, -0.05) is 6.92 Å². The van der Waals surface area contributed by atoms with Crippen molar-refractivity contribution in [1.82, 2.24) is 0 Å². The van der Waals surface area contributed by atoms with Gasteiger partial charge in [0.25, 0.3) is 0 Å². The molecule has 2 heterocycles. The van der Waals surface area contributed by atoms with Crippen molar-refractivity contribution in [2.24, 2.45) is 5.89 Å². The van der Waals surface area contributed by atoms with Crippen LogP contribution in [-0.2, 0) is 9.47 Å². The molecule has 0 radical (unpaired) electrons. The largest absolute Gasteiger partial charge is 0.372 e. The van der Waals surface area contributed by atoms with Gasteiger partial charge in [-0.05, 0) is 13.8 Å². The molecular formula is C8H14O2. The van der Waals surface area contributed by atoms with Gasteiger partial charge < -0.3 is 9.47 Å². The Hall–Kier alpha value is -0.0800. The van der Waals surface area contributed by atoms with Crippen molar-refractivity contribution < 1.29 is 12.2 Å². The molecule has 2 bridgehead atoms. The third-order valence-electron chi connectivity index (χ3n) is 2.48. The van der Waals surface area contributed by atoms with Gasteiger partial charge in [-0.15, -0.1) is 0 Å². The molecule has 58 valence electrons. The lowest BCUT2D eigenvalue weighted by Crippen LogP contribution is -2.33. The summed E-state index contributed by atoms with van der Waals surface area (Å²) in [7, 11) is 0. The van der Waals surface area contributed by atoms with E-state index < -0.39 is 11.5 Å². The quantitative estimate of drug-likeness (QED) is 0.511. The smallest absolute Gasteiger partial charge is 0.0942 e. The van der Waals surface area contributed by atoms with E-state index in [9.17, 15) is 0 Å². The van der Waals surface area contributed by atoms with Gasteiger partial charge in [0, 0.05) is 8.64 Å². The van der Waals surface area contributed by atoms with Crippen LogP contribution < -0.4 is 0 Å². The molecule has 2 nitrogen and oxygen atoms in total. The zero-order chi connectivity index (χ0) is 8.98. The first-order valence-corrected chi connectivity index (χ1v) is 3.62. The highest BCUT2D eigenvalue weighted by atomic mass is 16.6. The molecule has 0 aromatic carbocycles. The second-order valence-electron chi connectivity index (χ2n) is 3.23. The molecule has 0 spiro atoms. The Balaban J connectivity index is 2.36. The predicted octanol–water partition coefficient (Wildman–Crippen LogP) is 1.20. The summed E-state index contributed by atoms with van der Waals surface area (Å²) < 4.78 is 26.5. The second kappa shape index (κ2) is 1.74. The van der Waals surface area contributed by atoms with Crippen LogP contribution in [0.15, 0.2) is 0 Å². The molecule has 0 aliphatic carbocycles. The first kappa shape index (κ1) is 4.73. The topological polar surface area (TPSA) is 18.5 Å². The van der Waals surface area contributed by atoms with Crippen molar-refractivity contribution in [3.8, 4) is 0 Å². The van der Waals surface area contributed by atoms with E-state index in [-0.39, 0.29) is 19.1 Å². The standard InChI is InChI=1S/C8H14O2/c1-5-7-6(2)10-8(5,3)4-9-7/h5-7H,4H2,1-3H3/t5-,6-,7-,8+/m0/s1/i3T,5T. The van der Waals surface area contributed by atoms with Crippen LogP contribution in [0.25, 0.3) is 0 Å². The number of ether oxygens (including phenoxy) is 2. The number of hydrogen-bond acceptors (Lipinski definition) is 2. The minimum Gasteiger partial charge on any atom is -0.372 e. The molecule has 0 aromatic heterocycles. The van der Waals surface area contributed by atoms with Gasteiger partial charge in [-0.25, -0.2) is 0 Å². The molecular weight excluding hydrogens is 128 g/mol. The van der Waals surface area contributed by atoms with E-state index in [1.165, 1.54) is 0 Å². The predicted molar refractivity (Wildman–Crippen MR) is 37.9 cm³/mol. The van der Waals surface area contributed by atoms with Crippen LogP contribution in [-0.4, -0.2) is 24.4 Å². The molecule has 0 unspecified atom stereocenters. The Morgan fingerprint density at radius 3 is 2.80 bits per heavy atom. The highest BCUT2D eigenvalue weighted by Gasteiger charge is 2.54. The van der Waals surface area contributed by atoms with Gasteiger partial charge >= 0.3 is 0 Å². The summed E-state index contributed by atoms with van der Waals surface area (Å²) in [6.07, 6.45) is -0.186. The fraction of sp³-hybridized carbons (Fsp3) is 1.00. The molecule has 0 N–H and O–H groups in total. The summed E-state index contributed by atoms with van der Waals surface area (Å²) in [5.41, 5.74) is -0.670. The van der Waals surface area contributed by atoms with E-state index in [0.717, 1.165) is 0 Å². The first-order valence-electron chi connectivity index (χ1n) is 4.83. The molecule has 2 rings (SSSR count).